The second-order valence-corrected chi connectivity index (χ2v) is 3.10. The molecule has 11 heavy (non-hydrogen) atoms. The number of hydrogen-bond donors (Lipinski definition) is 3. The first-order chi connectivity index (χ1) is 5.18. The summed E-state index contributed by atoms with van der Waals surface area (Å²) in [5.41, 5.74) is 0. The zero-order valence-corrected chi connectivity index (χ0v) is 7.95. The second-order valence-electron chi connectivity index (χ2n) is 2.32. The Morgan fingerprint density at radius 3 is 2.64 bits per heavy atom. The lowest BCUT2D eigenvalue weighted by molar-refractivity contribution is -0.120. The minimum Gasteiger partial charge on any atom is -0.354 e. The number of carbonyl (C=O) groups is 1. The summed E-state index contributed by atoms with van der Waals surface area (Å²) in [5, 5.41) is 5.63. The average molecular weight is 176 g/mol. The van der Waals surface area contributed by atoms with Gasteiger partial charge in [-0.2, -0.15) is 12.6 Å². The molecule has 0 aromatic carbocycles. The number of rotatable bonds is 5. The van der Waals surface area contributed by atoms with Gasteiger partial charge >= 0.3 is 0 Å². The fraction of sp³-hybridized carbons (Fsp3) is 0.857. The van der Waals surface area contributed by atoms with Gasteiger partial charge in [-0.1, -0.05) is 6.92 Å². The Labute approximate surface area is 73.3 Å². The van der Waals surface area contributed by atoms with Crippen molar-refractivity contribution < 1.29 is 4.79 Å². The Bertz CT molecular complexity index is 117. The first kappa shape index (κ1) is 10.8. The molecule has 4 heteroatoms. The summed E-state index contributed by atoms with van der Waals surface area (Å²) in [6.07, 6.45) is 0. The lowest BCUT2D eigenvalue weighted by atomic mass is 10.4. The maximum absolute atomic E-state index is 10.9. The molecule has 1 atom stereocenters. The van der Waals surface area contributed by atoms with E-state index >= 15 is 0 Å². The zero-order chi connectivity index (χ0) is 8.69. The molecule has 0 spiro atoms. The number of nitrogens with one attached hydrogen (secondary N) is 2. The molecular formula is C7H16N2OS. The number of thiol groups is 1. The van der Waals surface area contributed by atoms with Crippen molar-refractivity contribution in [3.05, 3.63) is 0 Å². The van der Waals surface area contributed by atoms with Gasteiger partial charge in [0, 0.05) is 13.1 Å². The first-order valence-electron chi connectivity index (χ1n) is 3.85. The van der Waals surface area contributed by atoms with Crippen molar-refractivity contribution in [2.75, 3.05) is 19.6 Å². The molecule has 0 aromatic heterocycles. The molecule has 0 fully saturated rings. The van der Waals surface area contributed by atoms with Crippen molar-refractivity contribution in [3.8, 4) is 0 Å². The van der Waals surface area contributed by atoms with E-state index in [2.05, 4.69) is 23.3 Å². The van der Waals surface area contributed by atoms with Crippen LogP contribution in [0.15, 0.2) is 0 Å². The van der Waals surface area contributed by atoms with E-state index in [1.54, 1.807) is 6.92 Å². The van der Waals surface area contributed by atoms with Crippen molar-refractivity contribution in [1.29, 1.82) is 0 Å². The average Bonchev–Trinajstić information content (AvgIpc) is 1.97. The van der Waals surface area contributed by atoms with E-state index < -0.39 is 0 Å². The molecule has 1 unspecified atom stereocenters. The van der Waals surface area contributed by atoms with Gasteiger partial charge in [0.15, 0.2) is 0 Å². The van der Waals surface area contributed by atoms with Gasteiger partial charge in [-0.3, -0.25) is 4.79 Å². The Morgan fingerprint density at radius 2 is 2.18 bits per heavy atom. The van der Waals surface area contributed by atoms with E-state index in [1.807, 2.05) is 6.92 Å². The molecule has 0 aliphatic rings. The van der Waals surface area contributed by atoms with E-state index in [9.17, 15) is 4.79 Å². The molecule has 0 bridgehead atoms. The van der Waals surface area contributed by atoms with Crippen molar-refractivity contribution >= 4 is 18.5 Å². The summed E-state index contributed by atoms with van der Waals surface area (Å²) in [7, 11) is 0. The number of carbonyl (C=O) groups excluding carboxylic acids is 1. The summed E-state index contributed by atoms with van der Waals surface area (Å²) in [5.74, 6) is -0.00811. The molecule has 0 saturated carbocycles. The highest BCUT2D eigenvalue weighted by atomic mass is 32.1. The fourth-order valence-electron chi connectivity index (χ4n) is 0.599. The molecule has 0 aliphatic heterocycles. The summed E-state index contributed by atoms with van der Waals surface area (Å²) < 4.78 is 0. The number of likely N-dealkylation sites (N-methyl/N-ethyl adjacent to an activating group) is 1. The Morgan fingerprint density at radius 1 is 1.55 bits per heavy atom. The topological polar surface area (TPSA) is 41.1 Å². The van der Waals surface area contributed by atoms with E-state index in [0.29, 0.717) is 6.54 Å². The molecule has 0 saturated heterocycles. The van der Waals surface area contributed by atoms with Crippen LogP contribution < -0.4 is 10.6 Å². The van der Waals surface area contributed by atoms with E-state index in [-0.39, 0.29) is 11.2 Å². The lowest BCUT2D eigenvalue weighted by Crippen LogP contribution is -2.35. The summed E-state index contributed by atoms with van der Waals surface area (Å²) in [4.78, 5) is 10.9. The molecular weight excluding hydrogens is 160 g/mol. The molecule has 3 nitrogen and oxygen atoms in total. The molecule has 66 valence electrons. The van der Waals surface area contributed by atoms with Gasteiger partial charge in [0.05, 0.1) is 5.25 Å². The molecule has 1 amide bonds. The van der Waals surface area contributed by atoms with Gasteiger partial charge < -0.3 is 10.6 Å². The second kappa shape index (κ2) is 6.49. The van der Waals surface area contributed by atoms with Crippen LogP contribution in [0.4, 0.5) is 0 Å². The Hall–Kier alpha value is -0.220. The molecule has 0 radical (unpaired) electrons. The van der Waals surface area contributed by atoms with Crippen LogP contribution in [0.3, 0.4) is 0 Å². The smallest absolute Gasteiger partial charge is 0.232 e. The number of hydrogen-bond acceptors (Lipinski definition) is 3. The van der Waals surface area contributed by atoms with Crippen LogP contribution >= 0.6 is 12.6 Å². The van der Waals surface area contributed by atoms with Crippen LogP contribution in [0.1, 0.15) is 13.8 Å². The van der Waals surface area contributed by atoms with Crippen LogP contribution in [0.25, 0.3) is 0 Å². The van der Waals surface area contributed by atoms with Gasteiger partial charge in [0.2, 0.25) is 5.91 Å². The molecule has 0 heterocycles. The van der Waals surface area contributed by atoms with Gasteiger partial charge in [-0.15, -0.1) is 0 Å². The van der Waals surface area contributed by atoms with E-state index in [1.165, 1.54) is 0 Å². The van der Waals surface area contributed by atoms with Gasteiger partial charge in [0.25, 0.3) is 0 Å². The highest BCUT2D eigenvalue weighted by Gasteiger charge is 2.04. The highest BCUT2D eigenvalue weighted by molar-refractivity contribution is 7.81. The van der Waals surface area contributed by atoms with Gasteiger partial charge in [0.1, 0.15) is 0 Å². The van der Waals surface area contributed by atoms with Crippen LogP contribution in [0, 0.1) is 0 Å². The quantitative estimate of drug-likeness (QED) is 0.409. The first-order valence-corrected chi connectivity index (χ1v) is 4.36. The number of amides is 1. The van der Waals surface area contributed by atoms with Crippen LogP contribution in [-0.2, 0) is 4.79 Å². The standard InChI is InChI=1S/C7H16N2OS/c1-3-8-4-5-9-7(10)6(2)11/h6,8,11H,3-5H2,1-2H3,(H,9,10). The highest BCUT2D eigenvalue weighted by Crippen LogP contribution is 1.89. The minimum atomic E-state index is -0.211. The van der Waals surface area contributed by atoms with E-state index in [4.69, 9.17) is 0 Å². The summed E-state index contributed by atoms with van der Waals surface area (Å²) in [6.45, 7) is 6.22. The zero-order valence-electron chi connectivity index (χ0n) is 7.05. The predicted molar refractivity (Wildman–Crippen MR) is 50.0 cm³/mol. The van der Waals surface area contributed by atoms with Crippen molar-refractivity contribution in [1.82, 2.24) is 10.6 Å². The van der Waals surface area contributed by atoms with E-state index in [0.717, 1.165) is 13.1 Å². The van der Waals surface area contributed by atoms with Crippen LogP contribution in [0.2, 0.25) is 0 Å². The third-order valence-electron chi connectivity index (χ3n) is 1.23. The Balaban J connectivity index is 3.18. The van der Waals surface area contributed by atoms with Gasteiger partial charge in [-0.25, -0.2) is 0 Å². The van der Waals surface area contributed by atoms with Crippen LogP contribution in [0.5, 0.6) is 0 Å². The monoisotopic (exact) mass is 176 g/mol. The molecule has 2 N–H and O–H groups in total. The van der Waals surface area contributed by atoms with Gasteiger partial charge in [-0.05, 0) is 13.5 Å². The molecule has 0 aromatic rings. The minimum absolute atomic E-state index is 0.00811. The van der Waals surface area contributed by atoms with Crippen molar-refractivity contribution in [2.24, 2.45) is 0 Å². The largest absolute Gasteiger partial charge is 0.354 e. The normalized spacial score (nSPS) is 12.6. The third-order valence-corrected chi connectivity index (χ3v) is 1.46. The molecule has 0 rings (SSSR count). The fourth-order valence-corrected chi connectivity index (χ4v) is 0.690. The van der Waals surface area contributed by atoms with Crippen molar-refractivity contribution in [2.45, 2.75) is 19.1 Å². The maximum Gasteiger partial charge on any atom is 0.232 e. The SMILES string of the molecule is CCNCCNC(=O)C(C)S. The maximum atomic E-state index is 10.9. The summed E-state index contributed by atoms with van der Waals surface area (Å²) >= 11 is 3.99. The molecule has 0 aliphatic carbocycles. The third kappa shape index (κ3) is 6.19. The van der Waals surface area contributed by atoms with Crippen LogP contribution in [-0.4, -0.2) is 30.8 Å². The Kier molecular flexibility index (Phi) is 6.36. The summed E-state index contributed by atoms with van der Waals surface area (Å²) in [6, 6.07) is 0. The lowest BCUT2D eigenvalue weighted by Gasteiger charge is -2.06. The van der Waals surface area contributed by atoms with Crippen molar-refractivity contribution in [3.63, 3.8) is 0 Å². The predicted octanol–water partition coefficient (Wildman–Crippen LogP) is 0.0304.